The zero-order valence-electron chi connectivity index (χ0n) is 11.8. The third-order valence-electron chi connectivity index (χ3n) is 3.90. The molecule has 1 aromatic heterocycles. The average molecular weight is 328 g/mol. The Morgan fingerprint density at radius 3 is 2.63 bits per heavy atom. The molecular weight excluding hydrogens is 306 g/mol. The molecule has 1 saturated carbocycles. The normalized spacial score (nSPS) is 17.1. The molecule has 1 aliphatic rings. The van der Waals surface area contributed by atoms with Crippen LogP contribution in [0.25, 0.3) is 0 Å². The topological polar surface area (TPSA) is 53.1 Å². The monoisotopic (exact) mass is 327 g/mol. The summed E-state index contributed by atoms with van der Waals surface area (Å²) in [7, 11) is 4.31. The maximum absolute atomic E-state index is 4.48. The van der Waals surface area contributed by atoms with Crippen LogP contribution in [0.15, 0.2) is 10.7 Å². The van der Waals surface area contributed by atoms with Gasteiger partial charge in [-0.05, 0) is 56.2 Å². The highest BCUT2D eigenvalue weighted by atomic mass is 79.9. The third-order valence-corrected chi connectivity index (χ3v) is 4.48. The Hall–Kier alpha value is -0.880. The van der Waals surface area contributed by atoms with Gasteiger partial charge in [-0.3, -0.25) is 0 Å². The Kier molecular flexibility index (Phi) is 4.62. The minimum absolute atomic E-state index is 0.280. The third kappa shape index (κ3) is 3.17. The standard InChI is InChI=1S/C13H22BrN5/c1-4-15-12-16-8-10(14)11(18-12)17-9-13(19(2)3)6-5-7-13/h8H,4-7,9H2,1-3H3,(H2,15,16,17,18). The van der Waals surface area contributed by atoms with E-state index in [1.54, 1.807) is 6.20 Å². The van der Waals surface area contributed by atoms with Crippen LogP contribution >= 0.6 is 15.9 Å². The largest absolute Gasteiger partial charge is 0.367 e. The zero-order chi connectivity index (χ0) is 13.9. The molecule has 1 heterocycles. The highest BCUT2D eigenvalue weighted by molar-refractivity contribution is 9.10. The SMILES string of the molecule is CCNc1ncc(Br)c(NCC2(N(C)C)CCC2)n1. The van der Waals surface area contributed by atoms with Gasteiger partial charge >= 0.3 is 0 Å². The summed E-state index contributed by atoms with van der Waals surface area (Å²) in [4.78, 5) is 11.0. The minimum Gasteiger partial charge on any atom is -0.367 e. The highest BCUT2D eigenvalue weighted by Crippen LogP contribution is 2.36. The fraction of sp³-hybridized carbons (Fsp3) is 0.692. The van der Waals surface area contributed by atoms with Crippen LogP contribution in [-0.2, 0) is 0 Å². The summed E-state index contributed by atoms with van der Waals surface area (Å²) >= 11 is 3.50. The van der Waals surface area contributed by atoms with Crippen LogP contribution in [0.4, 0.5) is 11.8 Å². The number of halogens is 1. The molecule has 2 rings (SSSR count). The molecule has 6 heteroatoms. The van der Waals surface area contributed by atoms with Crippen LogP contribution in [0.2, 0.25) is 0 Å². The summed E-state index contributed by atoms with van der Waals surface area (Å²) in [6, 6.07) is 0. The van der Waals surface area contributed by atoms with Crippen molar-refractivity contribution in [1.29, 1.82) is 0 Å². The number of anilines is 2. The zero-order valence-corrected chi connectivity index (χ0v) is 13.4. The molecule has 5 nitrogen and oxygen atoms in total. The van der Waals surface area contributed by atoms with Gasteiger partial charge in [0, 0.05) is 24.8 Å². The van der Waals surface area contributed by atoms with Gasteiger partial charge in [0.15, 0.2) is 0 Å². The highest BCUT2D eigenvalue weighted by Gasteiger charge is 2.38. The van der Waals surface area contributed by atoms with E-state index in [-0.39, 0.29) is 5.54 Å². The van der Waals surface area contributed by atoms with E-state index < -0.39 is 0 Å². The van der Waals surface area contributed by atoms with Crippen LogP contribution in [0.5, 0.6) is 0 Å². The summed E-state index contributed by atoms with van der Waals surface area (Å²) in [5.74, 6) is 1.53. The van der Waals surface area contributed by atoms with Crippen LogP contribution in [0, 0.1) is 0 Å². The Labute approximate surface area is 123 Å². The molecule has 0 aliphatic heterocycles. The lowest BCUT2D eigenvalue weighted by Gasteiger charge is -2.47. The molecule has 0 bridgehead atoms. The van der Waals surface area contributed by atoms with E-state index in [2.05, 4.69) is 55.5 Å². The molecule has 2 N–H and O–H groups in total. The summed E-state index contributed by atoms with van der Waals surface area (Å²) in [5, 5.41) is 6.59. The minimum atomic E-state index is 0.280. The van der Waals surface area contributed by atoms with Crippen LogP contribution in [0.1, 0.15) is 26.2 Å². The van der Waals surface area contributed by atoms with Gasteiger partial charge in [-0.15, -0.1) is 0 Å². The van der Waals surface area contributed by atoms with Gasteiger partial charge < -0.3 is 15.5 Å². The maximum atomic E-state index is 4.48. The second-order valence-corrected chi connectivity index (χ2v) is 6.10. The van der Waals surface area contributed by atoms with Crippen LogP contribution in [-0.4, -0.2) is 47.6 Å². The molecule has 1 fully saturated rings. The van der Waals surface area contributed by atoms with Crippen LogP contribution < -0.4 is 10.6 Å². The first-order valence-electron chi connectivity index (χ1n) is 6.75. The van der Waals surface area contributed by atoms with Crippen molar-refractivity contribution in [2.45, 2.75) is 31.7 Å². The molecule has 0 radical (unpaired) electrons. The van der Waals surface area contributed by atoms with Gasteiger partial charge in [-0.1, -0.05) is 0 Å². The summed E-state index contributed by atoms with van der Waals surface area (Å²) in [6.45, 7) is 3.78. The number of hydrogen-bond acceptors (Lipinski definition) is 5. The fourth-order valence-electron chi connectivity index (χ4n) is 2.35. The number of aromatic nitrogens is 2. The molecule has 0 saturated heterocycles. The molecule has 0 spiro atoms. The van der Waals surface area contributed by atoms with Crippen LogP contribution in [0.3, 0.4) is 0 Å². The first-order valence-corrected chi connectivity index (χ1v) is 7.54. The van der Waals surface area contributed by atoms with Gasteiger partial charge in [0.25, 0.3) is 0 Å². The predicted octanol–water partition coefficient (Wildman–Crippen LogP) is 2.57. The van der Waals surface area contributed by atoms with Gasteiger partial charge in [0.05, 0.1) is 4.47 Å². The first kappa shape index (κ1) is 14.5. The van der Waals surface area contributed by atoms with Crippen molar-refractivity contribution < 1.29 is 0 Å². The van der Waals surface area contributed by atoms with Crippen molar-refractivity contribution in [1.82, 2.24) is 14.9 Å². The molecule has 0 unspecified atom stereocenters. The Morgan fingerprint density at radius 1 is 1.37 bits per heavy atom. The van der Waals surface area contributed by atoms with Crippen molar-refractivity contribution in [3.05, 3.63) is 10.7 Å². The molecule has 1 aromatic rings. The first-order chi connectivity index (χ1) is 9.07. The van der Waals surface area contributed by atoms with Gasteiger partial charge in [-0.2, -0.15) is 4.98 Å². The van der Waals surface area contributed by atoms with E-state index in [4.69, 9.17) is 0 Å². The number of nitrogens with zero attached hydrogens (tertiary/aromatic N) is 3. The number of rotatable bonds is 6. The van der Waals surface area contributed by atoms with Gasteiger partial charge in [0.2, 0.25) is 5.95 Å². The molecular formula is C13H22BrN5. The molecule has 0 amide bonds. The average Bonchev–Trinajstić information content (AvgIpc) is 2.31. The second kappa shape index (κ2) is 6.05. The lowest BCUT2D eigenvalue weighted by molar-refractivity contribution is 0.0738. The van der Waals surface area contributed by atoms with E-state index in [1.807, 2.05) is 6.92 Å². The summed E-state index contributed by atoms with van der Waals surface area (Å²) in [6.07, 6.45) is 5.59. The number of likely N-dealkylation sites (N-methyl/N-ethyl adjacent to an activating group) is 1. The predicted molar refractivity (Wildman–Crippen MR) is 82.7 cm³/mol. The number of nitrogens with one attached hydrogen (secondary N) is 2. The van der Waals surface area contributed by atoms with Gasteiger partial charge in [-0.25, -0.2) is 4.98 Å². The molecule has 106 valence electrons. The van der Waals surface area contributed by atoms with E-state index in [9.17, 15) is 0 Å². The summed E-state index contributed by atoms with van der Waals surface area (Å²) < 4.78 is 0.905. The van der Waals surface area contributed by atoms with E-state index >= 15 is 0 Å². The summed E-state index contributed by atoms with van der Waals surface area (Å²) in [5.41, 5.74) is 0.280. The van der Waals surface area contributed by atoms with Gasteiger partial charge in [0.1, 0.15) is 5.82 Å². The molecule has 0 aromatic carbocycles. The Balaban J connectivity index is 2.04. The molecule has 19 heavy (non-hydrogen) atoms. The fourth-order valence-corrected chi connectivity index (χ4v) is 2.68. The van der Waals surface area contributed by atoms with E-state index in [0.29, 0.717) is 5.95 Å². The van der Waals surface area contributed by atoms with Crippen molar-refractivity contribution in [3.8, 4) is 0 Å². The van der Waals surface area contributed by atoms with E-state index in [0.717, 1.165) is 23.4 Å². The second-order valence-electron chi connectivity index (χ2n) is 5.25. The molecule has 1 aliphatic carbocycles. The Morgan fingerprint density at radius 2 is 2.11 bits per heavy atom. The van der Waals surface area contributed by atoms with Crippen molar-refractivity contribution in [3.63, 3.8) is 0 Å². The van der Waals surface area contributed by atoms with Crippen molar-refractivity contribution in [2.75, 3.05) is 37.8 Å². The lowest BCUT2D eigenvalue weighted by atomic mass is 9.75. The van der Waals surface area contributed by atoms with E-state index in [1.165, 1.54) is 19.3 Å². The number of hydrogen-bond donors (Lipinski definition) is 2. The Bertz CT molecular complexity index is 431. The van der Waals surface area contributed by atoms with Crippen molar-refractivity contribution >= 4 is 27.7 Å². The quantitative estimate of drug-likeness (QED) is 0.841. The maximum Gasteiger partial charge on any atom is 0.224 e. The smallest absolute Gasteiger partial charge is 0.224 e. The van der Waals surface area contributed by atoms with Crippen molar-refractivity contribution in [2.24, 2.45) is 0 Å². The lowest BCUT2D eigenvalue weighted by Crippen LogP contribution is -2.54. The molecule has 0 atom stereocenters.